The van der Waals surface area contributed by atoms with Crippen molar-refractivity contribution in [1.29, 1.82) is 0 Å². The smallest absolute Gasteiger partial charge is 0.423 e. The Labute approximate surface area is 96.9 Å². The molecule has 86 valence electrons. The van der Waals surface area contributed by atoms with E-state index >= 15 is 0 Å². The molecule has 1 saturated heterocycles. The van der Waals surface area contributed by atoms with Crippen LogP contribution in [0.2, 0.25) is 0 Å². The second-order valence-corrected chi connectivity index (χ2v) is 4.63. The molecule has 0 spiro atoms. The Hall–Kier alpha value is -0.995. The van der Waals surface area contributed by atoms with E-state index < -0.39 is 7.12 Å². The normalized spacial score (nSPS) is 17.6. The fourth-order valence-electron chi connectivity index (χ4n) is 2.12. The number of hydrogen-bond acceptors (Lipinski definition) is 3. The Morgan fingerprint density at radius 2 is 1.69 bits per heavy atom. The van der Waals surface area contributed by atoms with Gasteiger partial charge < -0.3 is 14.9 Å². The van der Waals surface area contributed by atoms with Crippen molar-refractivity contribution in [3.63, 3.8) is 0 Å². The molecule has 2 N–H and O–H groups in total. The van der Waals surface area contributed by atoms with Crippen molar-refractivity contribution >= 4 is 18.3 Å². The molecule has 0 unspecified atom stereocenters. The van der Waals surface area contributed by atoms with Crippen LogP contribution in [0.25, 0.3) is 0 Å². The summed E-state index contributed by atoms with van der Waals surface area (Å²) in [5.41, 5.74) is 1.73. The van der Waals surface area contributed by atoms with E-state index in [1.807, 2.05) is 12.1 Å². The lowest BCUT2D eigenvalue weighted by atomic mass is 9.80. The lowest BCUT2D eigenvalue weighted by Crippen LogP contribution is -2.34. The molecule has 3 nitrogen and oxygen atoms in total. The number of benzene rings is 1. The van der Waals surface area contributed by atoms with Gasteiger partial charge in [-0.1, -0.05) is 19.1 Å². The lowest BCUT2D eigenvalue weighted by Gasteiger charge is -2.32. The maximum Gasteiger partial charge on any atom is 0.488 e. The zero-order chi connectivity index (χ0) is 11.5. The molecule has 16 heavy (non-hydrogen) atoms. The monoisotopic (exact) mass is 219 g/mol. The van der Waals surface area contributed by atoms with Crippen LogP contribution < -0.4 is 10.4 Å². The molecule has 0 amide bonds. The largest absolute Gasteiger partial charge is 0.488 e. The summed E-state index contributed by atoms with van der Waals surface area (Å²) in [6.07, 6.45) is 2.48. The van der Waals surface area contributed by atoms with Gasteiger partial charge in [-0.15, -0.1) is 0 Å². The fourth-order valence-corrected chi connectivity index (χ4v) is 2.12. The lowest BCUT2D eigenvalue weighted by molar-refractivity contribution is 0.425. The standard InChI is InChI=1S/C12H18BNO2/c1-10-6-8-14(9-7-10)12-4-2-11(3-5-12)13(15)16/h2-5,10,15-16H,6-9H2,1H3. The van der Waals surface area contributed by atoms with Gasteiger partial charge in [0.1, 0.15) is 0 Å². The van der Waals surface area contributed by atoms with Crippen LogP contribution in [-0.4, -0.2) is 30.3 Å². The molecule has 0 saturated carbocycles. The first-order chi connectivity index (χ1) is 7.66. The molecule has 0 atom stereocenters. The summed E-state index contributed by atoms with van der Waals surface area (Å²) in [5.74, 6) is 0.829. The number of nitrogens with zero attached hydrogens (tertiary/aromatic N) is 1. The van der Waals surface area contributed by atoms with Crippen molar-refractivity contribution in [2.45, 2.75) is 19.8 Å². The van der Waals surface area contributed by atoms with E-state index in [-0.39, 0.29) is 0 Å². The second kappa shape index (κ2) is 4.89. The summed E-state index contributed by atoms with van der Waals surface area (Å²) in [6, 6.07) is 7.48. The van der Waals surface area contributed by atoms with Gasteiger partial charge in [0.25, 0.3) is 0 Å². The van der Waals surface area contributed by atoms with Gasteiger partial charge in [-0.25, -0.2) is 0 Å². The predicted octanol–water partition coefficient (Wildman–Crippen LogP) is 0.603. The average molecular weight is 219 g/mol. The number of rotatable bonds is 2. The van der Waals surface area contributed by atoms with E-state index in [1.54, 1.807) is 12.1 Å². The van der Waals surface area contributed by atoms with Crippen LogP contribution in [0.15, 0.2) is 24.3 Å². The molecule has 1 aromatic carbocycles. The zero-order valence-electron chi connectivity index (χ0n) is 9.63. The highest BCUT2D eigenvalue weighted by Crippen LogP contribution is 2.21. The van der Waals surface area contributed by atoms with Gasteiger partial charge in [0.2, 0.25) is 0 Å². The third kappa shape index (κ3) is 2.57. The number of hydrogen-bond donors (Lipinski definition) is 2. The Bertz CT molecular complexity index is 331. The predicted molar refractivity (Wildman–Crippen MR) is 66.9 cm³/mol. The average Bonchev–Trinajstić information content (AvgIpc) is 2.30. The molecule has 1 heterocycles. The Morgan fingerprint density at radius 1 is 1.12 bits per heavy atom. The SMILES string of the molecule is CC1CCN(c2ccc(B(O)O)cc2)CC1. The first kappa shape index (κ1) is 11.5. The van der Waals surface area contributed by atoms with Gasteiger partial charge in [-0.3, -0.25) is 0 Å². The molecule has 1 aromatic rings. The highest BCUT2D eigenvalue weighted by molar-refractivity contribution is 6.58. The first-order valence-electron chi connectivity index (χ1n) is 5.88. The van der Waals surface area contributed by atoms with Crippen LogP contribution in [0.4, 0.5) is 5.69 Å². The van der Waals surface area contributed by atoms with Gasteiger partial charge >= 0.3 is 7.12 Å². The summed E-state index contributed by atoms with van der Waals surface area (Å²) in [4.78, 5) is 2.35. The minimum atomic E-state index is -1.37. The summed E-state index contributed by atoms with van der Waals surface area (Å²) < 4.78 is 0. The Balaban J connectivity index is 2.04. The van der Waals surface area contributed by atoms with Crippen LogP contribution >= 0.6 is 0 Å². The molecule has 4 heteroatoms. The van der Waals surface area contributed by atoms with E-state index in [1.165, 1.54) is 18.5 Å². The van der Waals surface area contributed by atoms with Crippen molar-refractivity contribution in [3.05, 3.63) is 24.3 Å². The topological polar surface area (TPSA) is 43.7 Å². The molecule has 0 radical (unpaired) electrons. The van der Waals surface area contributed by atoms with Crippen molar-refractivity contribution in [2.24, 2.45) is 5.92 Å². The molecule has 1 aliphatic rings. The third-order valence-corrected chi connectivity index (χ3v) is 3.34. The summed E-state index contributed by atoms with van der Waals surface area (Å²) in [7, 11) is -1.37. The van der Waals surface area contributed by atoms with Gasteiger partial charge in [-0.05, 0) is 36.4 Å². The van der Waals surface area contributed by atoms with Gasteiger partial charge in [0, 0.05) is 18.8 Å². The molecule has 1 aliphatic heterocycles. The maximum absolute atomic E-state index is 9.00. The van der Waals surface area contributed by atoms with Crippen molar-refractivity contribution in [3.8, 4) is 0 Å². The van der Waals surface area contributed by atoms with E-state index in [0.29, 0.717) is 5.46 Å². The van der Waals surface area contributed by atoms with Crippen LogP contribution in [0.3, 0.4) is 0 Å². The van der Waals surface area contributed by atoms with E-state index in [9.17, 15) is 0 Å². The first-order valence-corrected chi connectivity index (χ1v) is 5.88. The molecule has 2 rings (SSSR count). The van der Waals surface area contributed by atoms with Crippen LogP contribution in [-0.2, 0) is 0 Å². The maximum atomic E-state index is 9.00. The number of piperidine rings is 1. The highest BCUT2D eigenvalue weighted by atomic mass is 16.4. The molecule has 0 bridgehead atoms. The second-order valence-electron chi connectivity index (χ2n) is 4.63. The summed E-state index contributed by atoms with van der Waals surface area (Å²) in [5, 5.41) is 18.0. The minimum absolute atomic E-state index is 0.550. The van der Waals surface area contributed by atoms with Gasteiger partial charge in [0.15, 0.2) is 0 Å². The van der Waals surface area contributed by atoms with Crippen molar-refractivity contribution in [1.82, 2.24) is 0 Å². The zero-order valence-corrected chi connectivity index (χ0v) is 9.63. The fraction of sp³-hybridized carbons (Fsp3) is 0.500. The van der Waals surface area contributed by atoms with Gasteiger partial charge in [0.05, 0.1) is 0 Å². The minimum Gasteiger partial charge on any atom is -0.423 e. The van der Waals surface area contributed by atoms with E-state index in [2.05, 4.69) is 11.8 Å². The third-order valence-electron chi connectivity index (χ3n) is 3.34. The van der Waals surface area contributed by atoms with E-state index in [4.69, 9.17) is 10.0 Å². The molecular weight excluding hydrogens is 201 g/mol. The Morgan fingerprint density at radius 3 is 2.19 bits per heavy atom. The Kier molecular flexibility index (Phi) is 3.51. The molecule has 0 aliphatic carbocycles. The van der Waals surface area contributed by atoms with Crippen LogP contribution in [0.1, 0.15) is 19.8 Å². The summed E-state index contributed by atoms with van der Waals surface area (Å²) >= 11 is 0. The number of anilines is 1. The molecule has 0 aromatic heterocycles. The molecule has 1 fully saturated rings. The van der Waals surface area contributed by atoms with E-state index in [0.717, 1.165) is 19.0 Å². The molecular formula is C12H18BNO2. The van der Waals surface area contributed by atoms with Crippen LogP contribution in [0, 0.1) is 5.92 Å². The quantitative estimate of drug-likeness (QED) is 0.716. The summed E-state index contributed by atoms with van der Waals surface area (Å²) in [6.45, 7) is 4.49. The highest BCUT2D eigenvalue weighted by Gasteiger charge is 2.16. The van der Waals surface area contributed by atoms with Crippen molar-refractivity contribution in [2.75, 3.05) is 18.0 Å². The van der Waals surface area contributed by atoms with Crippen LogP contribution in [0.5, 0.6) is 0 Å². The van der Waals surface area contributed by atoms with Gasteiger partial charge in [-0.2, -0.15) is 0 Å². The van der Waals surface area contributed by atoms with Crippen molar-refractivity contribution < 1.29 is 10.0 Å².